The van der Waals surface area contributed by atoms with Crippen LogP contribution >= 0.6 is 11.6 Å². The summed E-state index contributed by atoms with van der Waals surface area (Å²) in [5.74, 6) is -0.286. The van der Waals surface area contributed by atoms with Gasteiger partial charge in [-0.05, 0) is 49.9 Å². The van der Waals surface area contributed by atoms with Crippen molar-refractivity contribution in [2.45, 2.75) is 31.7 Å². The first-order valence-corrected chi connectivity index (χ1v) is 8.13. The number of hydrogen-bond acceptors (Lipinski definition) is 3. The first-order chi connectivity index (χ1) is 11.4. The molecule has 0 aliphatic heterocycles. The molecule has 0 unspecified atom stereocenters. The fourth-order valence-electron chi connectivity index (χ4n) is 3.14. The highest BCUT2D eigenvalue weighted by Crippen LogP contribution is 2.42. The average Bonchev–Trinajstić information content (AvgIpc) is 2.51. The molecule has 1 fully saturated rings. The van der Waals surface area contributed by atoms with Gasteiger partial charge in [-0.15, -0.1) is 0 Å². The molecule has 24 heavy (non-hydrogen) atoms. The molecule has 3 rings (SSSR count). The second-order valence-electron chi connectivity index (χ2n) is 6.10. The van der Waals surface area contributed by atoms with Crippen molar-refractivity contribution in [2.24, 2.45) is 0 Å². The molecule has 2 aromatic carbocycles. The molecular formula is C18H17ClN2O3. The quantitative estimate of drug-likeness (QED) is 0.661. The van der Waals surface area contributed by atoms with Crippen LogP contribution in [0, 0.1) is 17.0 Å². The molecule has 1 saturated carbocycles. The number of rotatable bonds is 4. The topological polar surface area (TPSA) is 72.2 Å². The van der Waals surface area contributed by atoms with Crippen molar-refractivity contribution in [1.82, 2.24) is 5.32 Å². The number of nitrogens with one attached hydrogen (secondary N) is 1. The maximum absolute atomic E-state index is 12.7. The Morgan fingerprint density at radius 2 is 1.88 bits per heavy atom. The summed E-state index contributed by atoms with van der Waals surface area (Å²) in [5, 5.41) is 14.8. The van der Waals surface area contributed by atoms with E-state index in [1.54, 1.807) is 13.0 Å². The van der Waals surface area contributed by atoms with Crippen LogP contribution in [0.5, 0.6) is 0 Å². The molecule has 0 radical (unpaired) electrons. The number of benzene rings is 2. The van der Waals surface area contributed by atoms with Crippen LogP contribution < -0.4 is 5.32 Å². The van der Waals surface area contributed by atoms with Crippen molar-refractivity contribution in [3.63, 3.8) is 0 Å². The minimum absolute atomic E-state index is 0.0446. The molecule has 124 valence electrons. The van der Waals surface area contributed by atoms with Crippen molar-refractivity contribution >= 4 is 23.2 Å². The smallest absolute Gasteiger partial charge is 0.273 e. The third-order valence-corrected chi connectivity index (χ3v) is 4.96. The van der Waals surface area contributed by atoms with E-state index in [0.29, 0.717) is 16.1 Å². The lowest BCUT2D eigenvalue weighted by atomic mass is 9.71. The van der Waals surface area contributed by atoms with E-state index in [-0.39, 0.29) is 11.6 Å². The van der Waals surface area contributed by atoms with Crippen LogP contribution in [0.4, 0.5) is 5.69 Å². The Labute approximate surface area is 144 Å². The molecule has 0 bridgehead atoms. The fourth-order valence-corrected chi connectivity index (χ4v) is 3.26. The number of amides is 1. The van der Waals surface area contributed by atoms with Gasteiger partial charge in [0.25, 0.3) is 11.6 Å². The Balaban J connectivity index is 1.90. The van der Waals surface area contributed by atoms with Crippen LogP contribution in [-0.2, 0) is 5.54 Å². The van der Waals surface area contributed by atoms with E-state index in [1.807, 2.05) is 24.3 Å². The van der Waals surface area contributed by atoms with Crippen molar-refractivity contribution in [2.75, 3.05) is 0 Å². The SMILES string of the molecule is Cc1c(C(=O)NC2(c3ccc(Cl)cc3)CCC2)cccc1[N+](=O)[O-]. The Morgan fingerprint density at radius 3 is 2.42 bits per heavy atom. The number of nitro benzene ring substituents is 1. The number of nitrogens with zero attached hydrogens (tertiary/aromatic N) is 1. The van der Waals surface area contributed by atoms with Crippen molar-refractivity contribution in [3.05, 3.63) is 74.3 Å². The largest absolute Gasteiger partial charge is 0.343 e. The maximum Gasteiger partial charge on any atom is 0.273 e. The second kappa shape index (κ2) is 6.24. The van der Waals surface area contributed by atoms with Gasteiger partial charge in [0.05, 0.1) is 10.5 Å². The second-order valence-corrected chi connectivity index (χ2v) is 6.54. The molecule has 2 aromatic rings. The fraction of sp³-hybridized carbons (Fsp3) is 0.278. The number of carbonyl (C=O) groups is 1. The molecule has 0 spiro atoms. The molecular weight excluding hydrogens is 328 g/mol. The van der Waals surface area contributed by atoms with Gasteiger partial charge in [-0.25, -0.2) is 0 Å². The molecule has 6 heteroatoms. The highest BCUT2D eigenvalue weighted by atomic mass is 35.5. The predicted molar refractivity (Wildman–Crippen MR) is 92.3 cm³/mol. The van der Waals surface area contributed by atoms with Gasteiger partial charge in [0.1, 0.15) is 0 Å². The zero-order chi connectivity index (χ0) is 17.3. The third-order valence-electron chi connectivity index (χ3n) is 4.70. The monoisotopic (exact) mass is 344 g/mol. The van der Waals surface area contributed by atoms with Crippen molar-refractivity contribution in [1.29, 1.82) is 0 Å². The summed E-state index contributed by atoms with van der Waals surface area (Å²) in [6, 6.07) is 12.0. The lowest BCUT2D eigenvalue weighted by molar-refractivity contribution is -0.385. The summed E-state index contributed by atoms with van der Waals surface area (Å²) in [5.41, 5.74) is 1.26. The Hall–Kier alpha value is -2.40. The summed E-state index contributed by atoms with van der Waals surface area (Å²) < 4.78 is 0. The molecule has 0 aromatic heterocycles. The molecule has 1 aliphatic carbocycles. The van der Waals surface area contributed by atoms with Gasteiger partial charge in [-0.2, -0.15) is 0 Å². The molecule has 1 N–H and O–H groups in total. The normalized spacial score (nSPS) is 15.4. The molecule has 1 aliphatic rings. The van der Waals surface area contributed by atoms with E-state index in [0.717, 1.165) is 24.8 Å². The van der Waals surface area contributed by atoms with E-state index in [2.05, 4.69) is 5.32 Å². The summed E-state index contributed by atoms with van der Waals surface area (Å²) in [4.78, 5) is 23.3. The highest BCUT2D eigenvalue weighted by molar-refractivity contribution is 6.30. The average molecular weight is 345 g/mol. The van der Waals surface area contributed by atoms with E-state index in [1.165, 1.54) is 12.1 Å². The van der Waals surface area contributed by atoms with E-state index < -0.39 is 10.5 Å². The van der Waals surface area contributed by atoms with E-state index >= 15 is 0 Å². The van der Waals surface area contributed by atoms with Crippen molar-refractivity contribution < 1.29 is 9.72 Å². The van der Waals surface area contributed by atoms with Crippen LogP contribution in [0.1, 0.15) is 40.7 Å². The lowest BCUT2D eigenvalue weighted by Crippen LogP contribution is -2.50. The number of carbonyl (C=O) groups excluding carboxylic acids is 1. The Morgan fingerprint density at radius 1 is 1.21 bits per heavy atom. The molecule has 0 atom stereocenters. The van der Waals surface area contributed by atoms with Crippen LogP contribution in [-0.4, -0.2) is 10.8 Å². The van der Waals surface area contributed by atoms with Gasteiger partial charge in [0.15, 0.2) is 0 Å². The summed E-state index contributed by atoms with van der Waals surface area (Å²) in [6.45, 7) is 1.60. The number of halogens is 1. The maximum atomic E-state index is 12.7. The number of nitro groups is 1. The van der Waals surface area contributed by atoms with Crippen LogP contribution in [0.2, 0.25) is 5.02 Å². The molecule has 5 nitrogen and oxygen atoms in total. The van der Waals surface area contributed by atoms with Gasteiger partial charge in [-0.1, -0.05) is 29.8 Å². The van der Waals surface area contributed by atoms with Gasteiger partial charge in [0, 0.05) is 22.2 Å². The zero-order valence-electron chi connectivity index (χ0n) is 13.2. The zero-order valence-corrected chi connectivity index (χ0v) is 14.0. The minimum atomic E-state index is -0.468. The predicted octanol–water partition coefficient (Wildman–Crippen LogP) is 4.37. The minimum Gasteiger partial charge on any atom is -0.343 e. The molecule has 0 saturated heterocycles. The van der Waals surface area contributed by atoms with Crippen LogP contribution in [0.3, 0.4) is 0 Å². The Bertz CT molecular complexity index is 798. The first-order valence-electron chi connectivity index (χ1n) is 7.75. The van der Waals surface area contributed by atoms with E-state index in [9.17, 15) is 14.9 Å². The molecule has 1 amide bonds. The first kappa shape index (κ1) is 16.5. The van der Waals surface area contributed by atoms with Crippen LogP contribution in [0.15, 0.2) is 42.5 Å². The van der Waals surface area contributed by atoms with Crippen molar-refractivity contribution in [3.8, 4) is 0 Å². The highest BCUT2D eigenvalue weighted by Gasteiger charge is 2.40. The Kier molecular flexibility index (Phi) is 4.28. The van der Waals surface area contributed by atoms with E-state index in [4.69, 9.17) is 11.6 Å². The van der Waals surface area contributed by atoms with Gasteiger partial charge in [0.2, 0.25) is 0 Å². The summed E-state index contributed by atoms with van der Waals surface area (Å²) in [6.07, 6.45) is 2.71. The van der Waals surface area contributed by atoms with Gasteiger partial charge in [-0.3, -0.25) is 14.9 Å². The van der Waals surface area contributed by atoms with Gasteiger partial charge >= 0.3 is 0 Å². The van der Waals surface area contributed by atoms with Gasteiger partial charge < -0.3 is 5.32 Å². The summed E-state index contributed by atoms with van der Waals surface area (Å²) in [7, 11) is 0. The third kappa shape index (κ3) is 2.87. The van der Waals surface area contributed by atoms with Crippen LogP contribution in [0.25, 0.3) is 0 Å². The standard InChI is InChI=1S/C18H17ClN2O3/c1-12-15(4-2-5-16(12)21(23)24)17(22)20-18(10-3-11-18)13-6-8-14(19)9-7-13/h2,4-9H,3,10-11H2,1H3,(H,20,22). The summed E-state index contributed by atoms with van der Waals surface area (Å²) >= 11 is 5.94. The molecule has 0 heterocycles. The number of hydrogen-bond donors (Lipinski definition) is 1. The lowest BCUT2D eigenvalue weighted by Gasteiger charge is -2.43.